The number of carboxylic acid groups (broad SMARTS) is 1. The van der Waals surface area contributed by atoms with E-state index in [2.05, 4.69) is 6.92 Å². The Hall–Kier alpha value is 0.130. The second kappa shape index (κ2) is 9.36. The molecular weight excluding hydrogens is 232 g/mol. The zero-order valence-electron chi connectivity index (χ0n) is 9.31. The third kappa shape index (κ3) is 9.08. The van der Waals surface area contributed by atoms with Gasteiger partial charge in [-0.25, -0.2) is 0 Å². The Kier molecular flexibility index (Phi) is 9.44. The molecule has 0 saturated carbocycles. The maximum Gasteiger partial charge on any atom is 0.300 e. The maximum atomic E-state index is 9.00. The van der Waals surface area contributed by atoms with Crippen molar-refractivity contribution in [1.82, 2.24) is 0 Å². The molecule has 0 spiro atoms. The van der Waals surface area contributed by atoms with Crippen LogP contribution in [-0.4, -0.2) is 38.4 Å². The second-order valence-electron chi connectivity index (χ2n) is 3.36. The predicted molar refractivity (Wildman–Crippen MR) is 67.5 cm³/mol. The van der Waals surface area contributed by atoms with E-state index in [1.807, 2.05) is 23.5 Å². The van der Waals surface area contributed by atoms with Gasteiger partial charge in [0.05, 0.1) is 11.2 Å². The van der Waals surface area contributed by atoms with Gasteiger partial charge in [-0.2, -0.15) is 0 Å². The Morgan fingerprint density at radius 1 is 1.53 bits per heavy atom. The van der Waals surface area contributed by atoms with Crippen LogP contribution in [0, 0.1) is 0 Å². The molecule has 1 saturated heterocycles. The highest BCUT2D eigenvalue weighted by molar-refractivity contribution is 8.20. The zero-order valence-corrected chi connectivity index (χ0v) is 10.9. The lowest BCUT2D eigenvalue weighted by molar-refractivity contribution is -0.134. The van der Waals surface area contributed by atoms with Gasteiger partial charge in [0.1, 0.15) is 0 Å². The van der Waals surface area contributed by atoms with Crippen LogP contribution in [0.2, 0.25) is 0 Å². The number of thioether (sulfide) groups is 2. The molecule has 15 heavy (non-hydrogen) atoms. The summed E-state index contributed by atoms with van der Waals surface area (Å²) in [5.74, 6) is 0.315. The molecule has 1 rings (SSSR count). The monoisotopic (exact) mass is 252 g/mol. The quantitative estimate of drug-likeness (QED) is 0.805. The van der Waals surface area contributed by atoms with E-state index in [4.69, 9.17) is 15.0 Å². The lowest BCUT2D eigenvalue weighted by atomic mass is 10.3. The third-order valence-electron chi connectivity index (χ3n) is 1.81. The average molecular weight is 252 g/mol. The van der Waals surface area contributed by atoms with Gasteiger partial charge in [-0.3, -0.25) is 4.79 Å². The van der Waals surface area contributed by atoms with Crippen LogP contribution in [0.5, 0.6) is 0 Å². The fourth-order valence-electron chi connectivity index (χ4n) is 1.13. The Morgan fingerprint density at radius 2 is 2.13 bits per heavy atom. The summed E-state index contributed by atoms with van der Waals surface area (Å²) in [6.07, 6.45) is 3.95. The van der Waals surface area contributed by atoms with Crippen molar-refractivity contribution in [3.05, 3.63) is 0 Å². The molecule has 0 aromatic heterocycles. The molecule has 1 heterocycles. The first-order valence-corrected chi connectivity index (χ1v) is 7.16. The Morgan fingerprint density at radius 3 is 2.53 bits per heavy atom. The van der Waals surface area contributed by atoms with Gasteiger partial charge in [0.25, 0.3) is 5.97 Å². The normalized spacial score (nSPS) is 24.5. The zero-order chi connectivity index (χ0) is 11.7. The maximum absolute atomic E-state index is 9.00. The van der Waals surface area contributed by atoms with Gasteiger partial charge in [0.15, 0.2) is 0 Å². The van der Waals surface area contributed by atoms with Crippen molar-refractivity contribution in [2.75, 3.05) is 12.4 Å². The van der Waals surface area contributed by atoms with Crippen molar-refractivity contribution >= 4 is 29.5 Å². The van der Waals surface area contributed by atoms with E-state index in [-0.39, 0.29) is 0 Å². The van der Waals surface area contributed by atoms with E-state index in [0.29, 0.717) is 11.9 Å². The van der Waals surface area contributed by atoms with Crippen LogP contribution < -0.4 is 0 Å². The van der Waals surface area contributed by atoms with Crippen LogP contribution >= 0.6 is 23.5 Å². The number of hydrogen-bond acceptors (Lipinski definition) is 4. The Labute approximate surface area is 100 Å². The van der Waals surface area contributed by atoms with E-state index in [9.17, 15) is 0 Å². The minimum Gasteiger partial charge on any atom is -0.481 e. The summed E-state index contributed by atoms with van der Waals surface area (Å²) in [5.41, 5.74) is 0. The van der Waals surface area contributed by atoms with E-state index in [1.54, 1.807) is 0 Å². The molecular formula is C10H20O3S2. The summed E-state index contributed by atoms with van der Waals surface area (Å²) in [6.45, 7) is 3.67. The number of unbranched alkanes of at least 4 members (excludes halogenated alkanes) is 1. The van der Waals surface area contributed by atoms with Crippen molar-refractivity contribution < 1.29 is 15.0 Å². The summed E-state index contributed by atoms with van der Waals surface area (Å²) in [5, 5.41) is 16.8. The number of hydrogen-bond donors (Lipinski definition) is 2. The molecule has 2 N–H and O–H groups in total. The van der Waals surface area contributed by atoms with Crippen molar-refractivity contribution in [2.45, 2.75) is 42.9 Å². The van der Waals surface area contributed by atoms with Gasteiger partial charge in [-0.05, 0) is 6.42 Å². The van der Waals surface area contributed by atoms with Crippen LogP contribution in [-0.2, 0) is 4.79 Å². The fraction of sp³-hybridized carbons (Fsp3) is 0.900. The van der Waals surface area contributed by atoms with Crippen LogP contribution in [0.15, 0.2) is 0 Å². The summed E-state index contributed by atoms with van der Waals surface area (Å²) >= 11 is 3.98. The van der Waals surface area contributed by atoms with Crippen LogP contribution in [0.25, 0.3) is 0 Å². The number of rotatable bonds is 4. The lowest BCUT2D eigenvalue weighted by Crippen LogP contribution is -2.06. The standard InChI is InChI=1S/C8H16OS2.C2H4O2/c1-2-3-4-8-10-6-7(5-9)11-8;1-2(3)4/h7-9H,2-6H2,1H3;1H3,(H,3,4)/t7-,8-;/m1./s1. The van der Waals surface area contributed by atoms with Crippen LogP contribution in [0.4, 0.5) is 0 Å². The van der Waals surface area contributed by atoms with Crippen LogP contribution in [0.3, 0.4) is 0 Å². The molecule has 0 amide bonds. The Bertz CT molecular complexity index is 172. The number of carboxylic acids is 1. The fourth-order valence-corrected chi connectivity index (χ4v) is 4.38. The van der Waals surface area contributed by atoms with Gasteiger partial charge in [0.2, 0.25) is 0 Å². The molecule has 1 aliphatic heterocycles. The molecule has 3 nitrogen and oxygen atoms in total. The van der Waals surface area contributed by atoms with Gasteiger partial charge in [-0.15, -0.1) is 23.5 Å². The molecule has 1 aliphatic rings. The minimum absolute atomic E-state index is 0.361. The topological polar surface area (TPSA) is 57.5 Å². The van der Waals surface area contributed by atoms with E-state index < -0.39 is 5.97 Å². The largest absolute Gasteiger partial charge is 0.481 e. The molecule has 5 heteroatoms. The van der Waals surface area contributed by atoms with E-state index in [1.165, 1.54) is 19.3 Å². The van der Waals surface area contributed by atoms with Gasteiger partial charge < -0.3 is 10.2 Å². The van der Waals surface area contributed by atoms with Gasteiger partial charge >= 0.3 is 0 Å². The highest BCUT2D eigenvalue weighted by Crippen LogP contribution is 2.40. The minimum atomic E-state index is -0.833. The number of aliphatic carboxylic acids is 1. The number of aliphatic hydroxyl groups is 1. The molecule has 0 bridgehead atoms. The summed E-state index contributed by atoms with van der Waals surface area (Å²) in [4.78, 5) is 9.00. The lowest BCUT2D eigenvalue weighted by Gasteiger charge is -2.06. The highest BCUT2D eigenvalue weighted by Gasteiger charge is 2.24. The predicted octanol–water partition coefficient (Wildman–Crippen LogP) is 2.43. The first-order valence-electron chi connectivity index (χ1n) is 5.17. The highest BCUT2D eigenvalue weighted by atomic mass is 32.2. The SMILES string of the molecule is CC(=O)O.CCCC[C@@H]1SC[C@@H](CO)S1. The molecule has 0 aromatic carbocycles. The smallest absolute Gasteiger partial charge is 0.300 e. The first-order chi connectivity index (χ1) is 7.10. The second-order valence-corrected chi connectivity index (χ2v) is 6.41. The molecule has 0 aliphatic carbocycles. The van der Waals surface area contributed by atoms with Crippen molar-refractivity contribution in [3.63, 3.8) is 0 Å². The molecule has 0 unspecified atom stereocenters. The third-order valence-corrected chi connectivity index (χ3v) is 5.20. The van der Waals surface area contributed by atoms with Gasteiger partial charge in [0, 0.05) is 17.9 Å². The Balaban J connectivity index is 0.000000423. The van der Waals surface area contributed by atoms with Crippen molar-refractivity contribution in [3.8, 4) is 0 Å². The van der Waals surface area contributed by atoms with Crippen LogP contribution in [0.1, 0.15) is 33.1 Å². The summed E-state index contributed by atoms with van der Waals surface area (Å²) in [6, 6.07) is 0. The first kappa shape index (κ1) is 15.1. The number of carbonyl (C=O) groups is 1. The molecule has 1 fully saturated rings. The average Bonchev–Trinajstić information content (AvgIpc) is 2.61. The summed E-state index contributed by atoms with van der Waals surface area (Å²) < 4.78 is 0.770. The van der Waals surface area contributed by atoms with Gasteiger partial charge in [-0.1, -0.05) is 19.8 Å². The van der Waals surface area contributed by atoms with Crippen molar-refractivity contribution in [1.29, 1.82) is 0 Å². The summed E-state index contributed by atoms with van der Waals surface area (Å²) in [7, 11) is 0. The number of aliphatic hydroxyl groups excluding tert-OH is 1. The molecule has 0 aromatic rings. The van der Waals surface area contributed by atoms with E-state index >= 15 is 0 Å². The van der Waals surface area contributed by atoms with E-state index in [0.717, 1.165) is 17.3 Å². The molecule has 2 atom stereocenters. The van der Waals surface area contributed by atoms with Crippen molar-refractivity contribution in [2.24, 2.45) is 0 Å². The molecule has 90 valence electrons. The molecule has 0 radical (unpaired) electrons.